The van der Waals surface area contributed by atoms with Crippen molar-refractivity contribution in [1.82, 2.24) is 9.97 Å². The van der Waals surface area contributed by atoms with Gasteiger partial charge in [0, 0.05) is 30.9 Å². The SMILES string of the molecule is Cc1cc(N2CC[C@H](N)C2)ncn1. The predicted octanol–water partition coefficient (Wildman–Crippen LogP) is 0.322. The zero-order valence-corrected chi connectivity index (χ0v) is 7.77. The molecule has 0 aromatic carbocycles. The number of rotatable bonds is 1. The highest BCUT2D eigenvalue weighted by molar-refractivity contribution is 5.40. The molecule has 4 nitrogen and oxygen atoms in total. The summed E-state index contributed by atoms with van der Waals surface area (Å²) in [4.78, 5) is 10.5. The summed E-state index contributed by atoms with van der Waals surface area (Å²) in [5.74, 6) is 1.00. The molecular formula is C9H14N4. The lowest BCUT2D eigenvalue weighted by Crippen LogP contribution is -2.26. The van der Waals surface area contributed by atoms with E-state index < -0.39 is 0 Å². The minimum Gasteiger partial charge on any atom is -0.355 e. The van der Waals surface area contributed by atoms with Crippen molar-refractivity contribution in [2.45, 2.75) is 19.4 Å². The van der Waals surface area contributed by atoms with Crippen molar-refractivity contribution in [2.24, 2.45) is 5.73 Å². The normalized spacial score (nSPS) is 22.3. The maximum atomic E-state index is 5.82. The summed E-state index contributed by atoms with van der Waals surface area (Å²) in [5, 5.41) is 0. The van der Waals surface area contributed by atoms with Gasteiger partial charge in [-0.15, -0.1) is 0 Å². The summed E-state index contributed by atoms with van der Waals surface area (Å²) in [6.45, 7) is 3.90. The van der Waals surface area contributed by atoms with Crippen molar-refractivity contribution in [3.63, 3.8) is 0 Å². The van der Waals surface area contributed by atoms with Crippen molar-refractivity contribution >= 4 is 5.82 Å². The molecule has 0 radical (unpaired) electrons. The van der Waals surface area contributed by atoms with Crippen LogP contribution in [0.15, 0.2) is 12.4 Å². The fourth-order valence-electron chi connectivity index (χ4n) is 1.61. The Bertz CT molecular complexity index is 299. The number of aromatic nitrogens is 2. The van der Waals surface area contributed by atoms with E-state index >= 15 is 0 Å². The van der Waals surface area contributed by atoms with Crippen LogP contribution < -0.4 is 10.6 Å². The van der Waals surface area contributed by atoms with E-state index in [9.17, 15) is 0 Å². The first-order valence-corrected chi connectivity index (χ1v) is 4.55. The Morgan fingerprint density at radius 2 is 2.38 bits per heavy atom. The van der Waals surface area contributed by atoms with Gasteiger partial charge in [0.25, 0.3) is 0 Å². The van der Waals surface area contributed by atoms with Crippen LogP contribution in [0.4, 0.5) is 5.82 Å². The maximum Gasteiger partial charge on any atom is 0.132 e. The monoisotopic (exact) mass is 178 g/mol. The van der Waals surface area contributed by atoms with Crippen LogP contribution >= 0.6 is 0 Å². The standard InChI is InChI=1S/C9H14N4/c1-7-4-9(12-6-11-7)13-3-2-8(10)5-13/h4,6,8H,2-3,5,10H2,1H3/t8-/m0/s1. The van der Waals surface area contributed by atoms with E-state index in [1.165, 1.54) is 0 Å². The second-order valence-electron chi connectivity index (χ2n) is 3.51. The molecule has 2 N–H and O–H groups in total. The Morgan fingerprint density at radius 3 is 3.00 bits per heavy atom. The third-order valence-corrected chi connectivity index (χ3v) is 2.34. The summed E-state index contributed by atoms with van der Waals surface area (Å²) in [6.07, 6.45) is 2.66. The molecule has 70 valence electrons. The maximum absolute atomic E-state index is 5.82. The third-order valence-electron chi connectivity index (χ3n) is 2.34. The molecule has 1 aromatic rings. The van der Waals surface area contributed by atoms with E-state index in [1.54, 1.807) is 6.33 Å². The molecule has 0 aliphatic carbocycles. The van der Waals surface area contributed by atoms with Crippen molar-refractivity contribution < 1.29 is 0 Å². The lowest BCUT2D eigenvalue weighted by molar-refractivity contribution is 0.751. The molecule has 0 saturated carbocycles. The van der Waals surface area contributed by atoms with E-state index in [0.717, 1.165) is 31.0 Å². The van der Waals surface area contributed by atoms with E-state index in [1.807, 2.05) is 13.0 Å². The number of nitrogens with two attached hydrogens (primary N) is 1. The van der Waals surface area contributed by atoms with E-state index in [4.69, 9.17) is 5.73 Å². The molecular weight excluding hydrogens is 164 g/mol. The molecule has 0 unspecified atom stereocenters. The molecule has 13 heavy (non-hydrogen) atoms. The van der Waals surface area contributed by atoms with E-state index in [0.29, 0.717) is 6.04 Å². The summed E-state index contributed by atoms with van der Waals surface area (Å²) in [7, 11) is 0. The lowest BCUT2D eigenvalue weighted by atomic mass is 10.3. The average Bonchev–Trinajstić information content (AvgIpc) is 2.52. The van der Waals surface area contributed by atoms with Crippen molar-refractivity contribution in [1.29, 1.82) is 0 Å². The van der Waals surface area contributed by atoms with Gasteiger partial charge in [-0.25, -0.2) is 9.97 Å². The van der Waals surface area contributed by atoms with Crippen LogP contribution in [0.3, 0.4) is 0 Å². The van der Waals surface area contributed by atoms with Crippen molar-refractivity contribution in [3.8, 4) is 0 Å². The quantitative estimate of drug-likeness (QED) is 0.673. The number of aryl methyl sites for hydroxylation is 1. The van der Waals surface area contributed by atoms with Crippen LogP contribution in [0.25, 0.3) is 0 Å². The van der Waals surface area contributed by atoms with Gasteiger partial charge in [0.15, 0.2) is 0 Å². The molecule has 1 aliphatic heterocycles. The summed E-state index contributed by atoms with van der Waals surface area (Å²) >= 11 is 0. The number of hydrogen-bond acceptors (Lipinski definition) is 4. The second-order valence-corrected chi connectivity index (χ2v) is 3.51. The van der Waals surface area contributed by atoms with Crippen LogP contribution in [-0.4, -0.2) is 29.1 Å². The van der Waals surface area contributed by atoms with Gasteiger partial charge >= 0.3 is 0 Å². The van der Waals surface area contributed by atoms with Gasteiger partial charge in [0.2, 0.25) is 0 Å². The topological polar surface area (TPSA) is 55.0 Å². The van der Waals surface area contributed by atoms with Gasteiger partial charge in [-0.2, -0.15) is 0 Å². The molecule has 1 fully saturated rings. The Hall–Kier alpha value is -1.16. The van der Waals surface area contributed by atoms with Gasteiger partial charge in [0.1, 0.15) is 12.1 Å². The molecule has 0 amide bonds. The second kappa shape index (κ2) is 3.30. The molecule has 1 aliphatic rings. The molecule has 4 heteroatoms. The highest BCUT2D eigenvalue weighted by atomic mass is 15.2. The number of nitrogens with zero attached hydrogens (tertiary/aromatic N) is 3. The smallest absolute Gasteiger partial charge is 0.132 e. The predicted molar refractivity (Wildman–Crippen MR) is 51.6 cm³/mol. The van der Waals surface area contributed by atoms with Gasteiger partial charge < -0.3 is 10.6 Å². The molecule has 1 saturated heterocycles. The van der Waals surface area contributed by atoms with Gasteiger partial charge in [0.05, 0.1) is 0 Å². The third kappa shape index (κ3) is 1.78. The van der Waals surface area contributed by atoms with Crippen molar-refractivity contribution in [2.75, 3.05) is 18.0 Å². The minimum atomic E-state index is 0.301. The first-order chi connectivity index (χ1) is 6.25. The van der Waals surface area contributed by atoms with E-state index in [-0.39, 0.29) is 0 Å². The molecule has 1 atom stereocenters. The highest BCUT2D eigenvalue weighted by Crippen LogP contribution is 2.16. The fraction of sp³-hybridized carbons (Fsp3) is 0.556. The Balaban J connectivity index is 2.16. The molecule has 1 aromatic heterocycles. The number of anilines is 1. The molecule has 2 heterocycles. The first-order valence-electron chi connectivity index (χ1n) is 4.55. The zero-order valence-electron chi connectivity index (χ0n) is 7.77. The summed E-state index contributed by atoms with van der Waals surface area (Å²) in [5.41, 5.74) is 6.82. The largest absolute Gasteiger partial charge is 0.355 e. The Morgan fingerprint density at radius 1 is 1.54 bits per heavy atom. The van der Waals surface area contributed by atoms with Crippen molar-refractivity contribution in [3.05, 3.63) is 18.1 Å². The van der Waals surface area contributed by atoms with Gasteiger partial charge in [-0.3, -0.25) is 0 Å². The van der Waals surface area contributed by atoms with Crippen LogP contribution in [-0.2, 0) is 0 Å². The van der Waals surface area contributed by atoms with E-state index in [2.05, 4.69) is 14.9 Å². The Labute approximate surface area is 77.8 Å². The fourth-order valence-corrected chi connectivity index (χ4v) is 1.61. The summed E-state index contributed by atoms with van der Waals surface area (Å²) in [6, 6.07) is 2.30. The molecule has 0 bridgehead atoms. The summed E-state index contributed by atoms with van der Waals surface area (Å²) < 4.78 is 0. The van der Waals surface area contributed by atoms with Crippen LogP contribution in [0.5, 0.6) is 0 Å². The van der Waals surface area contributed by atoms with Gasteiger partial charge in [-0.05, 0) is 13.3 Å². The van der Waals surface area contributed by atoms with Crippen LogP contribution in [0.1, 0.15) is 12.1 Å². The minimum absolute atomic E-state index is 0.301. The Kier molecular flexibility index (Phi) is 2.14. The lowest BCUT2D eigenvalue weighted by Gasteiger charge is -2.16. The molecule has 2 rings (SSSR count). The highest BCUT2D eigenvalue weighted by Gasteiger charge is 2.19. The van der Waals surface area contributed by atoms with Crippen LogP contribution in [0, 0.1) is 6.92 Å². The molecule has 0 spiro atoms. The average molecular weight is 178 g/mol. The van der Waals surface area contributed by atoms with Crippen LogP contribution in [0.2, 0.25) is 0 Å². The van der Waals surface area contributed by atoms with Gasteiger partial charge in [-0.1, -0.05) is 0 Å². The first kappa shape index (κ1) is 8.44. The number of hydrogen-bond donors (Lipinski definition) is 1. The zero-order chi connectivity index (χ0) is 9.26.